The minimum atomic E-state index is -1.46. The molecule has 1 aromatic rings. The van der Waals surface area contributed by atoms with Crippen LogP contribution in [0.15, 0.2) is 18.2 Å². The van der Waals surface area contributed by atoms with Crippen LogP contribution in [0.5, 0.6) is 0 Å². The van der Waals surface area contributed by atoms with Crippen molar-refractivity contribution in [3.05, 3.63) is 34.9 Å². The van der Waals surface area contributed by atoms with Crippen molar-refractivity contribution in [2.75, 3.05) is 26.3 Å². The van der Waals surface area contributed by atoms with Gasteiger partial charge in [0.2, 0.25) is 17.7 Å². The van der Waals surface area contributed by atoms with E-state index in [0.717, 1.165) is 10.5 Å². The second-order valence-corrected chi connectivity index (χ2v) is 9.73. The number of hydrogen-bond donors (Lipinski definition) is 4. The quantitative estimate of drug-likeness (QED) is 0.270. The third-order valence-corrected chi connectivity index (χ3v) is 5.24. The van der Waals surface area contributed by atoms with Gasteiger partial charge in [0, 0.05) is 13.1 Å². The first kappa shape index (κ1) is 32.4. The van der Waals surface area contributed by atoms with Crippen molar-refractivity contribution in [1.82, 2.24) is 15.5 Å². The molecule has 2 atom stereocenters. The number of hydrogen-bond acceptors (Lipinski definition) is 8. The molecule has 12 nitrogen and oxygen atoms in total. The first-order valence-corrected chi connectivity index (χ1v) is 12.4. The van der Waals surface area contributed by atoms with Gasteiger partial charge in [-0.2, -0.15) is 0 Å². The molecule has 12 heteroatoms. The van der Waals surface area contributed by atoms with Crippen LogP contribution < -0.4 is 16.4 Å². The summed E-state index contributed by atoms with van der Waals surface area (Å²) in [6, 6.07) is 2.63. The summed E-state index contributed by atoms with van der Waals surface area (Å²) in [7, 11) is 0. The SMILES string of the molecule is CCOC(=O)CCNC(=O)C(c1cc(C)ccc1C)N(CCO)C(=O)C(CC(N)=O)NC(=O)OC(C)(C)C. The molecular formula is C26H40N4O8. The molecule has 2 unspecified atom stereocenters. The van der Waals surface area contributed by atoms with Gasteiger partial charge in [-0.1, -0.05) is 23.8 Å². The van der Waals surface area contributed by atoms with E-state index in [0.29, 0.717) is 11.1 Å². The number of nitrogens with two attached hydrogens (primary N) is 1. The number of ether oxygens (including phenoxy) is 2. The number of nitrogens with one attached hydrogen (secondary N) is 2. The van der Waals surface area contributed by atoms with Crippen LogP contribution in [0, 0.1) is 13.8 Å². The Morgan fingerprint density at radius 3 is 2.34 bits per heavy atom. The summed E-state index contributed by atoms with van der Waals surface area (Å²) in [4.78, 5) is 64.2. The molecule has 0 aliphatic rings. The maximum atomic E-state index is 13.7. The van der Waals surface area contributed by atoms with Crippen molar-refractivity contribution >= 4 is 29.8 Å². The normalized spacial score (nSPS) is 12.6. The fraction of sp³-hybridized carbons (Fsp3) is 0.577. The molecule has 0 fully saturated rings. The number of esters is 1. The highest BCUT2D eigenvalue weighted by atomic mass is 16.6. The van der Waals surface area contributed by atoms with Gasteiger partial charge >= 0.3 is 12.1 Å². The Hall–Kier alpha value is -3.67. The van der Waals surface area contributed by atoms with E-state index in [1.807, 2.05) is 13.0 Å². The summed E-state index contributed by atoms with van der Waals surface area (Å²) in [6.45, 7) is 9.47. The van der Waals surface area contributed by atoms with Crippen LogP contribution in [-0.4, -0.2) is 77.7 Å². The predicted octanol–water partition coefficient (Wildman–Crippen LogP) is 1.00. The maximum Gasteiger partial charge on any atom is 0.408 e. The highest BCUT2D eigenvalue weighted by Crippen LogP contribution is 2.27. The first-order valence-electron chi connectivity index (χ1n) is 12.4. The number of amides is 4. The second kappa shape index (κ2) is 14.9. The first-order chi connectivity index (χ1) is 17.7. The Bertz CT molecular complexity index is 1010. The van der Waals surface area contributed by atoms with Crippen molar-refractivity contribution in [1.29, 1.82) is 0 Å². The summed E-state index contributed by atoms with van der Waals surface area (Å²) >= 11 is 0. The van der Waals surface area contributed by atoms with E-state index >= 15 is 0 Å². The molecule has 0 aliphatic carbocycles. The maximum absolute atomic E-state index is 13.7. The Morgan fingerprint density at radius 2 is 1.79 bits per heavy atom. The summed E-state index contributed by atoms with van der Waals surface area (Å²) in [6.07, 6.45) is -1.61. The highest BCUT2D eigenvalue weighted by molar-refractivity contribution is 5.94. The minimum Gasteiger partial charge on any atom is -0.466 e. The third kappa shape index (κ3) is 10.8. The van der Waals surface area contributed by atoms with E-state index in [4.69, 9.17) is 15.2 Å². The fourth-order valence-electron chi connectivity index (χ4n) is 3.65. The number of carbonyl (C=O) groups excluding carboxylic acids is 5. The standard InChI is InChI=1S/C26H40N4O8/c1-7-37-21(33)10-11-28-23(34)22(18-14-16(2)8-9-17(18)3)30(12-13-31)24(35)19(15-20(27)32)29-25(36)38-26(4,5)6/h8-9,14,19,22,31H,7,10-13,15H2,1-6H3,(H2,27,32)(H,28,34)(H,29,36). The molecule has 0 bridgehead atoms. The van der Waals surface area contributed by atoms with E-state index in [1.165, 1.54) is 0 Å². The topological polar surface area (TPSA) is 177 Å². The van der Waals surface area contributed by atoms with Gasteiger partial charge in [-0.15, -0.1) is 0 Å². The monoisotopic (exact) mass is 536 g/mol. The van der Waals surface area contributed by atoms with Crippen LogP contribution in [-0.2, 0) is 28.7 Å². The zero-order chi connectivity index (χ0) is 29.0. The number of aryl methyl sites for hydroxylation is 2. The van der Waals surface area contributed by atoms with Gasteiger partial charge in [-0.25, -0.2) is 4.79 Å². The Kier molecular flexibility index (Phi) is 12.7. The Labute approximate surface area is 223 Å². The lowest BCUT2D eigenvalue weighted by Gasteiger charge is -2.34. The van der Waals surface area contributed by atoms with Gasteiger partial charge in [0.15, 0.2) is 0 Å². The fourth-order valence-corrected chi connectivity index (χ4v) is 3.65. The zero-order valence-corrected chi connectivity index (χ0v) is 23.0. The molecule has 38 heavy (non-hydrogen) atoms. The summed E-state index contributed by atoms with van der Waals surface area (Å²) in [5.41, 5.74) is 6.43. The van der Waals surface area contributed by atoms with Gasteiger partial charge in [0.25, 0.3) is 0 Å². The molecule has 0 spiro atoms. The van der Waals surface area contributed by atoms with Crippen LogP contribution in [0.4, 0.5) is 4.79 Å². The van der Waals surface area contributed by atoms with Crippen molar-refractivity contribution in [3.8, 4) is 0 Å². The van der Waals surface area contributed by atoms with Crippen molar-refractivity contribution in [3.63, 3.8) is 0 Å². The molecule has 1 aromatic carbocycles. The molecule has 0 heterocycles. The molecule has 4 amide bonds. The van der Waals surface area contributed by atoms with Crippen molar-refractivity contribution in [2.24, 2.45) is 5.73 Å². The average Bonchev–Trinajstić information content (AvgIpc) is 2.78. The number of alkyl carbamates (subject to hydrolysis) is 1. The van der Waals surface area contributed by atoms with E-state index in [-0.39, 0.29) is 26.1 Å². The van der Waals surface area contributed by atoms with Gasteiger partial charge in [-0.3, -0.25) is 19.2 Å². The smallest absolute Gasteiger partial charge is 0.408 e. The van der Waals surface area contributed by atoms with E-state index in [9.17, 15) is 29.1 Å². The summed E-state index contributed by atoms with van der Waals surface area (Å²) < 4.78 is 10.1. The largest absolute Gasteiger partial charge is 0.466 e. The van der Waals surface area contributed by atoms with E-state index in [1.54, 1.807) is 46.8 Å². The second-order valence-electron chi connectivity index (χ2n) is 9.73. The number of carbonyl (C=O) groups is 5. The predicted molar refractivity (Wildman–Crippen MR) is 139 cm³/mol. The van der Waals surface area contributed by atoms with Gasteiger partial charge in [-0.05, 0) is 52.7 Å². The van der Waals surface area contributed by atoms with Gasteiger partial charge < -0.3 is 35.8 Å². The van der Waals surface area contributed by atoms with Gasteiger partial charge in [0.05, 0.1) is 26.1 Å². The molecule has 1 rings (SSSR count). The van der Waals surface area contributed by atoms with Gasteiger partial charge in [0.1, 0.15) is 17.7 Å². The zero-order valence-electron chi connectivity index (χ0n) is 23.0. The van der Waals surface area contributed by atoms with Crippen molar-refractivity contribution < 1.29 is 38.6 Å². The Balaban J connectivity index is 3.44. The number of benzene rings is 1. The number of primary amides is 1. The Morgan fingerprint density at radius 1 is 1.13 bits per heavy atom. The lowest BCUT2D eigenvalue weighted by Crippen LogP contribution is -2.54. The third-order valence-electron chi connectivity index (χ3n) is 5.24. The minimum absolute atomic E-state index is 0.0545. The lowest BCUT2D eigenvalue weighted by atomic mass is 9.96. The highest BCUT2D eigenvalue weighted by Gasteiger charge is 2.37. The molecule has 0 aromatic heterocycles. The number of aliphatic hydroxyl groups is 1. The molecule has 212 valence electrons. The molecule has 5 N–H and O–H groups in total. The lowest BCUT2D eigenvalue weighted by molar-refractivity contribution is -0.145. The average molecular weight is 537 g/mol. The molecule has 0 radical (unpaired) electrons. The summed E-state index contributed by atoms with van der Waals surface area (Å²) in [5.74, 6) is -2.82. The molecule has 0 aliphatic heterocycles. The van der Waals surface area contributed by atoms with E-state index < -0.39 is 60.5 Å². The van der Waals surface area contributed by atoms with Crippen LogP contribution in [0.1, 0.15) is 63.3 Å². The summed E-state index contributed by atoms with van der Waals surface area (Å²) in [5, 5.41) is 14.8. The van der Waals surface area contributed by atoms with Crippen LogP contribution in [0.25, 0.3) is 0 Å². The van der Waals surface area contributed by atoms with Crippen LogP contribution >= 0.6 is 0 Å². The number of nitrogens with zero attached hydrogens (tertiary/aromatic N) is 1. The van der Waals surface area contributed by atoms with E-state index in [2.05, 4.69) is 10.6 Å². The van der Waals surface area contributed by atoms with Crippen molar-refractivity contribution in [2.45, 2.75) is 72.1 Å². The number of aliphatic hydroxyl groups excluding tert-OH is 1. The van der Waals surface area contributed by atoms with Crippen LogP contribution in [0.2, 0.25) is 0 Å². The molecule has 0 saturated heterocycles. The van der Waals surface area contributed by atoms with Crippen LogP contribution in [0.3, 0.4) is 0 Å². The molecular weight excluding hydrogens is 496 g/mol. The number of rotatable bonds is 13. The molecule has 0 saturated carbocycles.